The van der Waals surface area contributed by atoms with E-state index in [4.69, 9.17) is 20.8 Å². The van der Waals surface area contributed by atoms with Gasteiger partial charge in [-0.3, -0.25) is 4.99 Å². The van der Waals surface area contributed by atoms with Gasteiger partial charge in [-0.15, -0.1) is 0 Å². The van der Waals surface area contributed by atoms with Gasteiger partial charge in [-0.2, -0.15) is 0 Å². The van der Waals surface area contributed by atoms with E-state index >= 15 is 0 Å². The average molecular weight is 289 g/mol. The number of hydrogen-bond donors (Lipinski definition) is 1. The van der Waals surface area contributed by atoms with E-state index in [2.05, 4.69) is 9.98 Å². The Morgan fingerprint density at radius 3 is 2.90 bits per heavy atom. The topological polar surface area (TPSA) is 50.5 Å². The number of aliphatic imine (C=N–C) groups is 1. The van der Waals surface area contributed by atoms with E-state index in [1.54, 1.807) is 25.6 Å². The van der Waals surface area contributed by atoms with Crippen LogP contribution in [0.25, 0.3) is 17.0 Å². The van der Waals surface area contributed by atoms with Gasteiger partial charge in [0.15, 0.2) is 17.3 Å². The molecule has 2 aromatic rings. The van der Waals surface area contributed by atoms with Crippen molar-refractivity contribution in [3.05, 3.63) is 47.0 Å². The molecular formula is C15H13ClN2O2. The molecule has 0 saturated carbocycles. The van der Waals surface area contributed by atoms with E-state index in [1.807, 2.05) is 25.1 Å². The quantitative estimate of drug-likeness (QED) is 0.915. The van der Waals surface area contributed by atoms with E-state index < -0.39 is 0 Å². The number of halogens is 1. The lowest BCUT2D eigenvalue weighted by atomic mass is 10.1. The summed E-state index contributed by atoms with van der Waals surface area (Å²) in [5.74, 6) is 1.95. The molecule has 3 heterocycles. The van der Waals surface area contributed by atoms with Crippen LogP contribution in [0.1, 0.15) is 12.7 Å². The zero-order valence-electron chi connectivity index (χ0n) is 11.1. The molecule has 1 aliphatic rings. The summed E-state index contributed by atoms with van der Waals surface area (Å²) in [6.07, 6.45) is 7.33. The van der Waals surface area contributed by atoms with Gasteiger partial charge < -0.3 is 14.1 Å². The lowest BCUT2D eigenvalue weighted by Crippen LogP contribution is -1.86. The zero-order chi connectivity index (χ0) is 14.1. The molecule has 0 fully saturated rings. The lowest BCUT2D eigenvalue weighted by molar-refractivity contribution is 0.403. The SMILES string of the molecule is COc1cc(-c2[nH]ccc2Cl)oc1/C(C)=C1/C=CC=N1. The summed E-state index contributed by atoms with van der Waals surface area (Å²) in [6.45, 7) is 1.95. The molecule has 1 aliphatic heterocycles. The summed E-state index contributed by atoms with van der Waals surface area (Å²) in [7, 11) is 1.61. The van der Waals surface area contributed by atoms with Crippen LogP contribution in [0.5, 0.6) is 5.75 Å². The highest BCUT2D eigenvalue weighted by Crippen LogP contribution is 2.38. The molecule has 0 atom stereocenters. The van der Waals surface area contributed by atoms with Crippen LogP contribution in [0.4, 0.5) is 0 Å². The number of methoxy groups -OCH3 is 1. The summed E-state index contributed by atoms with van der Waals surface area (Å²) in [4.78, 5) is 7.32. The Labute approximate surface area is 121 Å². The lowest BCUT2D eigenvalue weighted by Gasteiger charge is -2.02. The molecule has 3 rings (SSSR count). The van der Waals surface area contributed by atoms with Crippen molar-refractivity contribution in [3.8, 4) is 17.2 Å². The predicted molar refractivity (Wildman–Crippen MR) is 80.3 cm³/mol. The fourth-order valence-corrected chi connectivity index (χ4v) is 2.30. The van der Waals surface area contributed by atoms with Crippen LogP contribution in [0.3, 0.4) is 0 Å². The molecule has 1 N–H and O–H groups in total. The van der Waals surface area contributed by atoms with Crippen molar-refractivity contribution < 1.29 is 9.15 Å². The van der Waals surface area contributed by atoms with E-state index in [1.165, 1.54) is 0 Å². The van der Waals surface area contributed by atoms with Crippen LogP contribution in [0.2, 0.25) is 5.02 Å². The van der Waals surface area contributed by atoms with Gasteiger partial charge in [0.05, 0.1) is 17.8 Å². The molecule has 2 aromatic heterocycles. The number of aromatic nitrogens is 1. The minimum atomic E-state index is 0.608. The van der Waals surface area contributed by atoms with Gasteiger partial charge in [-0.25, -0.2) is 0 Å². The van der Waals surface area contributed by atoms with Gasteiger partial charge in [0, 0.05) is 24.1 Å². The smallest absolute Gasteiger partial charge is 0.174 e. The fraction of sp³-hybridized carbons (Fsp3) is 0.133. The van der Waals surface area contributed by atoms with Crippen molar-refractivity contribution in [2.75, 3.05) is 7.11 Å². The second kappa shape index (κ2) is 5.06. The Bertz CT molecular complexity index is 721. The Morgan fingerprint density at radius 1 is 1.45 bits per heavy atom. The number of allylic oxidation sites excluding steroid dienone is 3. The molecule has 0 amide bonds. The van der Waals surface area contributed by atoms with Gasteiger partial charge in [-0.1, -0.05) is 11.6 Å². The number of ether oxygens (including phenoxy) is 1. The minimum absolute atomic E-state index is 0.608. The standard InChI is InChI=1S/C15H13ClN2O2/c1-9(11-4-3-6-17-11)15-13(19-2)8-12(20-15)14-10(16)5-7-18-14/h3-8,18H,1-2H3/b11-9-. The first-order valence-corrected chi connectivity index (χ1v) is 6.51. The zero-order valence-corrected chi connectivity index (χ0v) is 11.9. The van der Waals surface area contributed by atoms with E-state index in [0.29, 0.717) is 22.3 Å². The van der Waals surface area contributed by atoms with Gasteiger partial charge >= 0.3 is 0 Å². The molecule has 0 spiro atoms. The monoisotopic (exact) mass is 288 g/mol. The third-order valence-corrected chi connectivity index (χ3v) is 3.45. The molecule has 0 unspecified atom stereocenters. The molecule has 102 valence electrons. The van der Waals surface area contributed by atoms with Crippen LogP contribution in [0, 0.1) is 0 Å². The summed E-state index contributed by atoms with van der Waals surface area (Å²) < 4.78 is 11.3. The number of aromatic amines is 1. The highest BCUT2D eigenvalue weighted by Gasteiger charge is 2.19. The molecular weight excluding hydrogens is 276 g/mol. The Balaban J connectivity index is 2.11. The first kappa shape index (κ1) is 12.8. The van der Waals surface area contributed by atoms with Gasteiger partial charge in [0.1, 0.15) is 5.69 Å². The first-order chi connectivity index (χ1) is 9.70. The van der Waals surface area contributed by atoms with E-state index in [0.717, 1.165) is 17.0 Å². The maximum atomic E-state index is 6.11. The Morgan fingerprint density at radius 2 is 2.30 bits per heavy atom. The second-order valence-electron chi connectivity index (χ2n) is 4.36. The number of rotatable bonds is 3. The summed E-state index contributed by atoms with van der Waals surface area (Å²) in [5.41, 5.74) is 2.52. The van der Waals surface area contributed by atoms with Crippen molar-refractivity contribution in [2.45, 2.75) is 6.92 Å². The maximum absolute atomic E-state index is 6.11. The predicted octanol–water partition coefficient (Wildman–Crippen LogP) is 4.31. The van der Waals surface area contributed by atoms with E-state index in [-0.39, 0.29) is 0 Å². The Kier molecular flexibility index (Phi) is 3.24. The summed E-state index contributed by atoms with van der Waals surface area (Å²) >= 11 is 6.11. The highest BCUT2D eigenvalue weighted by molar-refractivity contribution is 6.33. The number of hydrogen-bond acceptors (Lipinski definition) is 3. The fourth-order valence-electron chi connectivity index (χ4n) is 2.09. The van der Waals surface area contributed by atoms with Crippen molar-refractivity contribution in [1.29, 1.82) is 0 Å². The minimum Gasteiger partial charge on any atom is -0.493 e. The van der Waals surface area contributed by atoms with Crippen LogP contribution in [0.15, 0.2) is 45.6 Å². The average Bonchev–Trinajstić information content (AvgIpc) is 3.17. The van der Waals surface area contributed by atoms with E-state index in [9.17, 15) is 0 Å². The third kappa shape index (κ3) is 2.08. The third-order valence-electron chi connectivity index (χ3n) is 3.14. The van der Waals surface area contributed by atoms with Crippen LogP contribution in [-0.2, 0) is 0 Å². The van der Waals surface area contributed by atoms with Crippen LogP contribution in [-0.4, -0.2) is 18.3 Å². The number of furan rings is 1. The number of nitrogens with zero attached hydrogens (tertiary/aromatic N) is 1. The van der Waals surface area contributed by atoms with Crippen LogP contribution < -0.4 is 4.74 Å². The largest absolute Gasteiger partial charge is 0.493 e. The van der Waals surface area contributed by atoms with Gasteiger partial charge in [-0.05, 0) is 25.1 Å². The van der Waals surface area contributed by atoms with Crippen molar-refractivity contribution in [1.82, 2.24) is 4.98 Å². The first-order valence-electron chi connectivity index (χ1n) is 6.13. The van der Waals surface area contributed by atoms with Gasteiger partial charge in [0.25, 0.3) is 0 Å². The molecule has 0 aromatic carbocycles. The highest BCUT2D eigenvalue weighted by atomic mass is 35.5. The van der Waals surface area contributed by atoms with Gasteiger partial charge in [0.2, 0.25) is 0 Å². The normalized spacial score (nSPS) is 15.9. The number of H-pyrrole nitrogens is 1. The van der Waals surface area contributed by atoms with Crippen LogP contribution >= 0.6 is 11.6 Å². The maximum Gasteiger partial charge on any atom is 0.174 e. The molecule has 0 saturated heterocycles. The van der Waals surface area contributed by atoms with Crippen molar-refractivity contribution in [3.63, 3.8) is 0 Å². The summed E-state index contributed by atoms with van der Waals surface area (Å²) in [5, 5.41) is 0.608. The molecule has 0 bridgehead atoms. The summed E-state index contributed by atoms with van der Waals surface area (Å²) in [6, 6.07) is 3.60. The van der Waals surface area contributed by atoms with Crippen molar-refractivity contribution >= 4 is 23.4 Å². The molecule has 0 aliphatic carbocycles. The second-order valence-corrected chi connectivity index (χ2v) is 4.76. The molecule has 20 heavy (non-hydrogen) atoms. The van der Waals surface area contributed by atoms with Crippen molar-refractivity contribution in [2.24, 2.45) is 4.99 Å². The number of nitrogens with one attached hydrogen (secondary N) is 1. The molecule has 0 radical (unpaired) electrons. The Hall–Kier alpha value is -2.20. The molecule has 5 heteroatoms. The molecule has 4 nitrogen and oxygen atoms in total.